The predicted molar refractivity (Wildman–Crippen MR) is 444 cm³/mol. The van der Waals surface area contributed by atoms with Gasteiger partial charge in [-0.2, -0.15) is 54.7 Å². The van der Waals surface area contributed by atoms with E-state index in [1.807, 2.05) is 35.8 Å². The van der Waals surface area contributed by atoms with Gasteiger partial charge in [0, 0.05) is 132 Å². The molecule has 8 bridgehead atoms. The zero-order chi connectivity index (χ0) is 90.2. The van der Waals surface area contributed by atoms with Gasteiger partial charge in [0.2, 0.25) is 5.95 Å². The average Bonchev–Trinajstić information content (AvgIpc) is 1.59. The van der Waals surface area contributed by atoms with Crippen LogP contribution in [0.3, 0.4) is 0 Å². The fraction of sp³-hybridized carbons (Fsp3) is 0.390. The van der Waals surface area contributed by atoms with Gasteiger partial charge in [-0.15, -0.1) is 0 Å². The predicted octanol–water partition coefficient (Wildman–Crippen LogP) is 14.1. The summed E-state index contributed by atoms with van der Waals surface area (Å²) in [6, 6.07) is 19.0. The van der Waals surface area contributed by atoms with Crippen LogP contribution in [-0.4, -0.2) is 223 Å². The Bertz CT molecular complexity index is 6210. The number of aromatic amines is 3. The molecule has 46 heteroatoms. The van der Waals surface area contributed by atoms with Crippen LogP contribution in [0.2, 0.25) is 0 Å². The first-order chi connectivity index (χ1) is 61.0. The van der Waals surface area contributed by atoms with Gasteiger partial charge >= 0.3 is 42.7 Å². The normalized spacial score (nSPS) is 19.0. The van der Waals surface area contributed by atoms with E-state index in [9.17, 15) is 86.7 Å². The smallest absolute Gasteiger partial charge is 0.366 e. The molecule has 8 amide bonds. The molecule has 11 aromatic rings. The minimum atomic E-state index is -4.47. The van der Waals surface area contributed by atoms with E-state index in [0.29, 0.717) is 121 Å². The van der Waals surface area contributed by atoms with E-state index in [1.54, 1.807) is 65.8 Å². The highest BCUT2D eigenvalue weighted by atomic mass is 19.4. The number of H-pyrrole nitrogens is 3. The first-order valence-corrected chi connectivity index (χ1v) is 40.9. The SMILES string of the molecule is C[C@@H](CC(=O)c1ccc2c(n1)N(C(=O)Nc1ncc3cc[nH]c3n1)[C@H]1CCN2C1)C(F)(F)F.Cc1ccc2c(NC(=O)N3c4nc(C(=O)CCC(F)(F)F)ccc4N4CC[C@H]3C4)n[nH]c2n1.Cc1ccc2c(NC(=O)N3c4nc(C(=O)C[C@@H]5CC5(F)F)ccc4N4CC[C@H]3C4)n[nH]c2n1.O=C(CCC(F)(F)F)c1ccc2c(n1)N(C(=O)Nc1cnccn1)[C@H]1CCN2C1. The lowest BCUT2D eigenvalue weighted by atomic mass is 10.0. The van der Waals surface area contributed by atoms with E-state index in [4.69, 9.17) is 0 Å². The Morgan fingerprint density at radius 3 is 1.27 bits per heavy atom. The molecule has 0 radical (unpaired) electrons. The largest absolute Gasteiger partial charge is 0.391 e. The maximum absolute atomic E-state index is 13.4. The average molecular weight is 1780 g/mol. The number of aromatic nitrogens is 15. The summed E-state index contributed by atoms with van der Waals surface area (Å²) in [4.78, 5) is 162. The molecule has 0 unspecified atom stereocenters. The summed E-state index contributed by atoms with van der Waals surface area (Å²) in [5.74, 6) is -5.92. The second kappa shape index (κ2) is 33.9. The molecule has 19 heterocycles. The van der Waals surface area contributed by atoms with Gasteiger partial charge in [0.25, 0.3) is 5.92 Å². The lowest BCUT2D eigenvalue weighted by Crippen LogP contribution is -2.48. The first kappa shape index (κ1) is 85.9. The van der Waals surface area contributed by atoms with Crippen molar-refractivity contribution >= 4 is 150 Å². The van der Waals surface area contributed by atoms with Crippen molar-refractivity contribution in [2.45, 2.75) is 140 Å². The number of Topliss-reactive ketones (excluding diaryl/α,β-unsaturated/α-hetero) is 4. The number of pyridine rings is 6. The lowest BCUT2D eigenvalue weighted by Gasteiger charge is -2.35. The standard InChI is InChI=1S/C22H21F2N7O2.2C21H20F3N7O2.C18H17F3N6O2/c1-11-2-3-14-18(25-11)28-29-19(14)27-21(33)31-13-6-7-30(10-13)16-5-4-15(26-20(16)31)17(32)8-12-9-22(12,23)24;1-11(21(22,23)24)8-16(32)14-2-3-15-18(27-14)31(13-5-7-30(15)10-13)20(33)29-19-26-9-12-4-6-25-17(12)28-19;1-11-2-3-13-17(25-11)28-29-18(13)27-20(33)31-12-7-9-30(10-12)15-5-4-14(26-19(15)31)16(32)6-8-21(22,23)24;19-18(20,21)5-3-14(28)12-1-2-13-16(24-12)27(11-4-8-26(13)10-11)17(29)25-15-9-22-6-7-23-15/h2-5,12-13H,6-10H2,1H3,(H2,25,27,28,29,33);2-4,6,9,11,13H,5,7-8,10H2,1H3,(H2,25,26,28,29,33);2-5,12H,6-10H2,1H3,(H2,25,27,28,29,33);1-2,6-7,9,11H,3-5,8,10H2,(H,23,25,29)/t12-,13+;11-,13-;12-;11-/m1000/s1. The van der Waals surface area contributed by atoms with Crippen molar-refractivity contribution in [3.8, 4) is 0 Å². The third kappa shape index (κ3) is 18.0. The van der Waals surface area contributed by atoms with Crippen LogP contribution in [0.15, 0.2) is 110 Å². The van der Waals surface area contributed by atoms with Crippen molar-refractivity contribution in [2.24, 2.45) is 11.8 Å². The number of carbonyl (C=O) groups excluding carboxylic acids is 8. The number of amides is 8. The number of nitrogens with one attached hydrogen (secondary N) is 7. The van der Waals surface area contributed by atoms with Crippen LogP contribution >= 0.6 is 0 Å². The van der Waals surface area contributed by atoms with Crippen molar-refractivity contribution in [2.75, 3.05) is 113 Å². The minimum Gasteiger partial charge on any atom is -0.366 e. The Hall–Kier alpha value is -14.3. The number of hydrogen-bond donors (Lipinski definition) is 7. The van der Waals surface area contributed by atoms with Crippen LogP contribution in [0.5, 0.6) is 0 Å². The fourth-order valence-corrected chi connectivity index (χ4v) is 16.7. The highest BCUT2D eigenvalue weighted by molar-refractivity contribution is 6.11. The van der Waals surface area contributed by atoms with Crippen molar-refractivity contribution in [3.05, 3.63) is 144 Å². The number of halogens is 11. The molecular formula is C82H78F11N27O8. The van der Waals surface area contributed by atoms with Crippen LogP contribution in [-0.2, 0) is 0 Å². The molecule has 11 aromatic heterocycles. The summed E-state index contributed by atoms with van der Waals surface area (Å²) < 4.78 is 140. The number of hydrogen-bond acceptors (Lipinski definition) is 24. The molecule has 7 N–H and O–H groups in total. The molecule has 1 aliphatic carbocycles. The lowest BCUT2D eigenvalue weighted by molar-refractivity contribution is -0.168. The van der Waals surface area contributed by atoms with Crippen LogP contribution in [0.25, 0.3) is 33.1 Å². The Morgan fingerprint density at radius 2 is 0.875 bits per heavy atom. The second-order valence-electron chi connectivity index (χ2n) is 32.3. The summed E-state index contributed by atoms with van der Waals surface area (Å²) in [7, 11) is 0. The number of ketones is 4. The molecule has 9 aliphatic rings. The van der Waals surface area contributed by atoms with Gasteiger partial charge in [-0.05, 0) is 118 Å². The van der Waals surface area contributed by atoms with Gasteiger partial charge in [0.05, 0.1) is 82.6 Å². The molecule has 128 heavy (non-hydrogen) atoms. The van der Waals surface area contributed by atoms with Crippen molar-refractivity contribution in [1.29, 1.82) is 0 Å². The zero-order valence-corrected chi connectivity index (χ0v) is 68.2. The number of fused-ring (bicyclic) bond motifs is 19. The van der Waals surface area contributed by atoms with Crippen LogP contribution in [0.1, 0.15) is 131 Å². The molecule has 35 nitrogen and oxygen atoms in total. The summed E-state index contributed by atoms with van der Waals surface area (Å²) >= 11 is 0. The molecule has 666 valence electrons. The van der Waals surface area contributed by atoms with Gasteiger partial charge in [0.15, 0.2) is 75.2 Å². The van der Waals surface area contributed by atoms with E-state index >= 15 is 0 Å². The third-order valence-electron chi connectivity index (χ3n) is 23.4. The molecule has 0 aromatic carbocycles. The van der Waals surface area contributed by atoms with Crippen molar-refractivity contribution < 1.29 is 86.7 Å². The number of alkyl halides is 11. The number of nitrogens with zero attached hydrogens (tertiary/aromatic N) is 20. The van der Waals surface area contributed by atoms with Crippen molar-refractivity contribution in [3.63, 3.8) is 0 Å². The third-order valence-corrected chi connectivity index (χ3v) is 23.4. The van der Waals surface area contributed by atoms with Gasteiger partial charge in [-0.1, -0.05) is 6.92 Å². The number of carbonyl (C=O) groups is 8. The molecule has 0 spiro atoms. The Labute approximate surface area is 717 Å². The summed E-state index contributed by atoms with van der Waals surface area (Å²) in [5.41, 5.74) is 5.83. The fourth-order valence-electron chi connectivity index (χ4n) is 16.7. The number of aryl methyl sites for hydroxylation is 2. The van der Waals surface area contributed by atoms with Crippen LogP contribution < -0.4 is 60.5 Å². The Kier molecular flexibility index (Phi) is 22.7. The van der Waals surface area contributed by atoms with E-state index in [0.717, 1.165) is 48.9 Å². The maximum atomic E-state index is 13.4. The molecule has 20 rings (SSSR count). The summed E-state index contributed by atoms with van der Waals surface area (Å²) in [6.45, 7) is 10.0. The Morgan fingerprint density at radius 1 is 0.469 bits per heavy atom. The quantitative estimate of drug-likeness (QED) is 0.0349. The van der Waals surface area contributed by atoms with Crippen LogP contribution in [0.4, 0.5) is 137 Å². The molecule has 1 saturated carbocycles. The highest BCUT2D eigenvalue weighted by Gasteiger charge is 2.57. The molecule has 6 atom stereocenters. The molecule has 4 saturated heterocycles. The van der Waals surface area contributed by atoms with E-state index < -0.39 is 116 Å². The van der Waals surface area contributed by atoms with Crippen LogP contribution in [0, 0.1) is 25.7 Å². The van der Waals surface area contributed by atoms with E-state index in [1.165, 1.54) is 51.5 Å². The monoisotopic (exact) mass is 1780 g/mol. The van der Waals surface area contributed by atoms with Gasteiger partial charge in [-0.3, -0.25) is 75.2 Å². The highest BCUT2D eigenvalue weighted by Crippen LogP contribution is 2.52. The van der Waals surface area contributed by atoms with E-state index in [-0.39, 0.29) is 89.0 Å². The number of rotatable bonds is 16. The molecule has 5 fully saturated rings. The second-order valence-corrected chi connectivity index (χ2v) is 32.3. The van der Waals surface area contributed by atoms with Gasteiger partial charge in [0.1, 0.15) is 28.4 Å². The molecular weight excluding hydrogens is 1700 g/mol. The minimum absolute atomic E-state index is 0.0900. The van der Waals surface area contributed by atoms with Gasteiger partial charge in [-0.25, -0.2) is 67.8 Å². The number of anilines is 12. The summed E-state index contributed by atoms with van der Waals surface area (Å²) in [6.07, 6.45) is -7.91. The van der Waals surface area contributed by atoms with Gasteiger partial charge < -0.3 is 24.6 Å². The number of urea groups is 4. The van der Waals surface area contributed by atoms with E-state index in [2.05, 4.69) is 106 Å². The first-order valence-electron chi connectivity index (χ1n) is 40.9. The Balaban J connectivity index is 0.000000120. The molecule has 8 aliphatic heterocycles. The maximum Gasteiger partial charge on any atom is 0.391 e. The zero-order valence-electron chi connectivity index (χ0n) is 68.2. The van der Waals surface area contributed by atoms with Crippen molar-refractivity contribution in [1.82, 2.24) is 75.2 Å². The summed E-state index contributed by atoms with van der Waals surface area (Å²) in [5, 5.41) is 27.0. The topological polar surface area (TPSA) is 413 Å².